The van der Waals surface area contributed by atoms with Crippen molar-refractivity contribution in [3.63, 3.8) is 0 Å². The third-order valence-corrected chi connectivity index (χ3v) is 3.39. The van der Waals surface area contributed by atoms with Gasteiger partial charge < -0.3 is 10.6 Å². The van der Waals surface area contributed by atoms with E-state index in [4.69, 9.17) is 0 Å². The molecule has 1 amide bonds. The Morgan fingerprint density at radius 2 is 2.12 bits per heavy atom. The molecule has 0 aliphatic carbocycles. The van der Waals surface area contributed by atoms with E-state index >= 15 is 0 Å². The standard InChI is InChI=1S/C12H15BrN2O/c1-7(2)9-6-14-11-5-8(13)3-4-10(11)15-12(9)16/h3-5,7,9,14H,6H2,1-2H3,(H,15,16). The number of hydrogen-bond acceptors (Lipinski definition) is 2. The van der Waals surface area contributed by atoms with Gasteiger partial charge in [0.25, 0.3) is 0 Å². The molecule has 1 aromatic carbocycles. The lowest BCUT2D eigenvalue weighted by Gasteiger charge is -2.16. The van der Waals surface area contributed by atoms with Crippen LogP contribution in [0.2, 0.25) is 0 Å². The van der Waals surface area contributed by atoms with Crippen molar-refractivity contribution < 1.29 is 4.79 Å². The molecule has 86 valence electrons. The normalized spacial score (nSPS) is 19.8. The van der Waals surface area contributed by atoms with E-state index in [0.29, 0.717) is 12.5 Å². The number of carbonyl (C=O) groups is 1. The molecule has 0 radical (unpaired) electrons. The van der Waals surface area contributed by atoms with Gasteiger partial charge in [-0.1, -0.05) is 29.8 Å². The summed E-state index contributed by atoms with van der Waals surface area (Å²) < 4.78 is 1.01. The predicted octanol–water partition coefficient (Wildman–Crippen LogP) is 3.09. The lowest BCUT2D eigenvalue weighted by Crippen LogP contribution is -2.29. The van der Waals surface area contributed by atoms with Gasteiger partial charge >= 0.3 is 0 Å². The van der Waals surface area contributed by atoms with Gasteiger partial charge in [0.1, 0.15) is 0 Å². The van der Waals surface area contributed by atoms with Crippen LogP contribution in [0.4, 0.5) is 11.4 Å². The summed E-state index contributed by atoms with van der Waals surface area (Å²) in [7, 11) is 0. The van der Waals surface area contributed by atoms with E-state index in [1.165, 1.54) is 0 Å². The Morgan fingerprint density at radius 1 is 1.38 bits per heavy atom. The third kappa shape index (κ3) is 2.21. The van der Waals surface area contributed by atoms with Crippen LogP contribution in [0.15, 0.2) is 22.7 Å². The summed E-state index contributed by atoms with van der Waals surface area (Å²) in [5, 5.41) is 6.27. The van der Waals surface area contributed by atoms with Crippen LogP contribution >= 0.6 is 15.9 Å². The van der Waals surface area contributed by atoms with Crippen molar-refractivity contribution in [1.82, 2.24) is 0 Å². The van der Waals surface area contributed by atoms with E-state index in [0.717, 1.165) is 15.8 Å². The van der Waals surface area contributed by atoms with Gasteiger partial charge in [-0.2, -0.15) is 0 Å². The second kappa shape index (κ2) is 4.45. The Balaban J connectivity index is 2.29. The zero-order chi connectivity index (χ0) is 11.7. The number of hydrogen-bond donors (Lipinski definition) is 2. The van der Waals surface area contributed by atoms with Crippen LogP contribution in [-0.4, -0.2) is 12.5 Å². The molecule has 0 spiro atoms. The molecule has 16 heavy (non-hydrogen) atoms. The number of anilines is 2. The fourth-order valence-corrected chi connectivity index (χ4v) is 2.21. The molecular weight excluding hydrogens is 268 g/mol. The summed E-state index contributed by atoms with van der Waals surface area (Å²) in [6.45, 7) is 4.82. The predicted molar refractivity (Wildman–Crippen MR) is 69.6 cm³/mol. The minimum absolute atomic E-state index is 0.0196. The topological polar surface area (TPSA) is 41.1 Å². The number of benzene rings is 1. The molecule has 1 atom stereocenters. The van der Waals surface area contributed by atoms with Crippen LogP contribution in [0.1, 0.15) is 13.8 Å². The minimum atomic E-state index is 0.0196. The van der Waals surface area contributed by atoms with Crippen LogP contribution in [0, 0.1) is 11.8 Å². The average molecular weight is 283 g/mol. The molecule has 0 bridgehead atoms. The SMILES string of the molecule is CC(C)C1CNc2cc(Br)ccc2NC1=O. The molecule has 1 aromatic rings. The highest BCUT2D eigenvalue weighted by Crippen LogP contribution is 2.30. The molecule has 1 unspecified atom stereocenters. The molecule has 0 fully saturated rings. The Hall–Kier alpha value is -1.03. The van der Waals surface area contributed by atoms with Crippen LogP contribution < -0.4 is 10.6 Å². The highest BCUT2D eigenvalue weighted by molar-refractivity contribution is 9.10. The average Bonchev–Trinajstić information content (AvgIpc) is 2.36. The fraction of sp³-hybridized carbons (Fsp3) is 0.417. The van der Waals surface area contributed by atoms with Crippen LogP contribution in [0.3, 0.4) is 0 Å². The van der Waals surface area contributed by atoms with Crippen LogP contribution in [0.25, 0.3) is 0 Å². The number of carbonyl (C=O) groups excluding carboxylic acids is 1. The summed E-state index contributed by atoms with van der Waals surface area (Å²) in [6, 6.07) is 5.82. The molecule has 2 rings (SSSR count). The number of fused-ring (bicyclic) bond motifs is 1. The van der Waals surface area contributed by atoms with Crippen molar-refractivity contribution in [2.45, 2.75) is 13.8 Å². The Labute approximate surface area is 104 Å². The second-order valence-electron chi connectivity index (χ2n) is 4.41. The summed E-state index contributed by atoms with van der Waals surface area (Å²) in [5.41, 5.74) is 1.84. The maximum Gasteiger partial charge on any atom is 0.229 e. The molecule has 0 aromatic heterocycles. The van der Waals surface area contributed by atoms with E-state index in [1.807, 2.05) is 18.2 Å². The molecule has 1 heterocycles. The highest BCUT2D eigenvalue weighted by Gasteiger charge is 2.25. The Kier molecular flexibility index (Phi) is 3.19. The number of amides is 1. The number of rotatable bonds is 1. The van der Waals surface area contributed by atoms with Crippen molar-refractivity contribution in [1.29, 1.82) is 0 Å². The first-order chi connectivity index (χ1) is 7.58. The molecule has 3 nitrogen and oxygen atoms in total. The minimum Gasteiger partial charge on any atom is -0.383 e. The lowest BCUT2D eigenvalue weighted by atomic mass is 9.95. The van der Waals surface area contributed by atoms with Crippen molar-refractivity contribution in [3.8, 4) is 0 Å². The maximum atomic E-state index is 11.9. The lowest BCUT2D eigenvalue weighted by molar-refractivity contribution is -0.120. The monoisotopic (exact) mass is 282 g/mol. The molecule has 0 saturated carbocycles. The summed E-state index contributed by atoms with van der Waals surface area (Å²) in [4.78, 5) is 11.9. The maximum absolute atomic E-state index is 11.9. The van der Waals surface area contributed by atoms with Gasteiger partial charge in [-0.25, -0.2) is 0 Å². The molecule has 4 heteroatoms. The van der Waals surface area contributed by atoms with Gasteiger partial charge in [-0.05, 0) is 24.1 Å². The Bertz CT molecular complexity index is 417. The number of halogens is 1. The fourth-order valence-electron chi connectivity index (χ4n) is 1.85. The molecule has 2 N–H and O–H groups in total. The second-order valence-corrected chi connectivity index (χ2v) is 5.33. The van der Waals surface area contributed by atoms with E-state index in [-0.39, 0.29) is 11.8 Å². The molecule has 1 aliphatic rings. The van der Waals surface area contributed by atoms with Gasteiger partial charge in [-0.15, -0.1) is 0 Å². The van der Waals surface area contributed by atoms with Crippen molar-refractivity contribution >= 4 is 33.2 Å². The first-order valence-electron chi connectivity index (χ1n) is 5.42. The zero-order valence-electron chi connectivity index (χ0n) is 9.38. The van der Waals surface area contributed by atoms with Gasteiger partial charge in [0.05, 0.1) is 17.3 Å². The van der Waals surface area contributed by atoms with Crippen LogP contribution in [-0.2, 0) is 4.79 Å². The smallest absolute Gasteiger partial charge is 0.229 e. The third-order valence-electron chi connectivity index (χ3n) is 2.89. The van der Waals surface area contributed by atoms with Gasteiger partial charge in [0.2, 0.25) is 5.91 Å². The van der Waals surface area contributed by atoms with E-state index in [1.54, 1.807) is 0 Å². The van der Waals surface area contributed by atoms with Crippen molar-refractivity contribution in [2.24, 2.45) is 11.8 Å². The summed E-state index contributed by atoms with van der Waals surface area (Å²) in [6.07, 6.45) is 0. The first kappa shape index (κ1) is 11.5. The molecule has 0 saturated heterocycles. The van der Waals surface area contributed by atoms with E-state index in [2.05, 4.69) is 40.4 Å². The van der Waals surface area contributed by atoms with Gasteiger partial charge in [0, 0.05) is 11.0 Å². The largest absolute Gasteiger partial charge is 0.383 e. The number of nitrogens with one attached hydrogen (secondary N) is 2. The molecule has 1 aliphatic heterocycles. The Morgan fingerprint density at radius 3 is 2.81 bits per heavy atom. The van der Waals surface area contributed by atoms with Crippen molar-refractivity contribution in [2.75, 3.05) is 17.2 Å². The van der Waals surface area contributed by atoms with E-state index < -0.39 is 0 Å². The summed E-state index contributed by atoms with van der Waals surface area (Å²) >= 11 is 3.42. The molecular formula is C12H15BrN2O. The first-order valence-corrected chi connectivity index (χ1v) is 6.21. The van der Waals surface area contributed by atoms with Crippen LogP contribution in [0.5, 0.6) is 0 Å². The van der Waals surface area contributed by atoms with E-state index in [9.17, 15) is 4.79 Å². The highest BCUT2D eigenvalue weighted by atomic mass is 79.9. The van der Waals surface area contributed by atoms with Gasteiger partial charge in [-0.3, -0.25) is 4.79 Å². The summed E-state index contributed by atoms with van der Waals surface area (Å²) in [5.74, 6) is 0.458. The van der Waals surface area contributed by atoms with Gasteiger partial charge in [0.15, 0.2) is 0 Å². The zero-order valence-corrected chi connectivity index (χ0v) is 11.0. The van der Waals surface area contributed by atoms with Crippen molar-refractivity contribution in [3.05, 3.63) is 22.7 Å². The quantitative estimate of drug-likeness (QED) is 0.831.